The lowest BCUT2D eigenvalue weighted by atomic mass is 9.95. The smallest absolute Gasteiger partial charge is 0.409 e. The Hall–Kier alpha value is -6.74. The van der Waals surface area contributed by atoms with Crippen molar-refractivity contribution in [1.29, 1.82) is 0 Å². The van der Waals surface area contributed by atoms with E-state index in [4.69, 9.17) is 23.7 Å². The van der Waals surface area contributed by atoms with Crippen LogP contribution in [0.15, 0.2) is 89.2 Å². The number of hydrogen-bond acceptors (Lipinski definition) is 12. The summed E-state index contributed by atoms with van der Waals surface area (Å²) >= 11 is 0. The topological polar surface area (TPSA) is 173 Å². The summed E-state index contributed by atoms with van der Waals surface area (Å²) in [6, 6.07) is 21.3. The van der Waals surface area contributed by atoms with Gasteiger partial charge in [0, 0.05) is 45.6 Å². The maximum Gasteiger partial charge on any atom is 0.409 e. The van der Waals surface area contributed by atoms with Crippen LogP contribution in [-0.2, 0) is 29.1 Å². The Morgan fingerprint density at radius 2 is 1.71 bits per heavy atom. The number of methoxy groups -OCH3 is 1. The van der Waals surface area contributed by atoms with Gasteiger partial charge in [0.25, 0.3) is 5.91 Å². The van der Waals surface area contributed by atoms with E-state index >= 15 is 0 Å². The van der Waals surface area contributed by atoms with Gasteiger partial charge in [0.15, 0.2) is 35.7 Å². The van der Waals surface area contributed by atoms with Gasteiger partial charge in [-0.25, -0.2) is 4.79 Å². The van der Waals surface area contributed by atoms with Crippen LogP contribution in [0.5, 0.6) is 28.7 Å². The van der Waals surface area contributed by atoms with Gasteiger partial charge in [0.2, 0.25) is 12.5 Å². The third-order valence-corrected chi connectivity index (χ3v) is 9.92. The molecule has 3 heterocycles. The van der Waals surface area contributed by atoms with E-state index < -0.39 is 18.0 Å². The number of pyridine rings is 1. The van der Waals surface area contributed by atoms with Crippen LogP contribution >= 0.6 is 0 Å². The Labute approximate surface area is 335 Å². The first kappa shape index (κ1) is 39.5. The highest BCUT2D eigenvalue weighted by Gasteiger charge is 2.29. The van der Waals surface area contributed by atoms with Gasteiger partial charge in [-0.2, -0.15) is 14.8 Å². The molecule has 0 bridgehead atoms. The van der Waals surface area contributed by atoms with Gasteiger partial charge in [0.05, 0.1) is 35.0 Å². The molecule has 58 heavy (non-hydrogen) atoms. The van der Waals surface area contributed by atoms with E-state index in [0.29, 0.717) is 48.8 Å². The number of unbranched alkanes of at least 4 members (excludes halogenated alkanes) is 1. The van der Waals surface area contributed by atoms with Gasteiger partial charge >= 0.3 is 12.1 Å². The van der Waals surface area contributed by atoms with E-state index in [1.807, 2.05) is 25.4 Å². The number of esters is 1. The molecule has 7 rings (SSSR count). The number of hydrogen-bond donors (Lipinski definition) is 3. The predicted molar refractivity (Wildman–Crippen MR) is 213 cm³/mol. The maximum absolute atomic E-state index is 13.1. The van der Waals surface area contributed by atoms with E-state index in [1.165, 1.54) is 29.7 Å². The lowest BCUT2D eigenvalue weighted by Crippen LogP contribution is -2.40. The fourth-order valence-corrected chi connectivity index (χ4v) is 6.69. The summed E-state index contributed by atoms with van der Waals surface area (Å²) in [5.41, 5.74) is 5.06. The Balaban J connectivity index is 0.898. The van der Waals surface area contributed by atoms with Crippen molar-refractivity contribution in [2.24, 2.45) is 10.2 Å². The zero-order chi connectivity index (χ0) is 40.6. The third kappa shape index (κ3) is 9.10. The first-order chi connectivity index (χ1) is 28.2. The number of phenols is 1. The fraction of sp³-hybridized carbons (Fsp3) is 0.302. The van der Waals surface area contributed by atoms with Gasteiger partial charge in [-0.3, -0.25) is 9.59 Å². The number of benzene rings is 4. The van der Waals surface area contributed by atoms with Crippen molar-refractivity contribution in [1.82, 2.24) is 15.5 Å². The number of aryl methyl sites for hydroxylation is 2. The highest BCUT2D eigenvalue weighted by atomic mass is 16.7. The normalized spacial score (nSPS) is 12.5. The number of rotatable bonds is 15. The van der Waals surface area contributed by atoms with E-state index in [0.717, 1.165) is 52.1 Å². The van der Waals surface area contributed by atoms with Gasteiger partial charge in [0.1, 0.15) is 12.4 Å². The Morgan fingerprint density at radius 1 is 0.931 bits per heavy atom. The number of phenolic OH excluding ortho intramolecular Hbond substituents is 1. The number of amides is 2. The number of carbonyl (C=O) groups is 3. The second-order valence-corrected chi connectivity index (χ2v) is 13.9. The predicted octanol–water partition coefficient (Wildman–Crippen LogP) is 6.50. The van der Waals surface area contributed by atoms with Gasteiger partial charge in [-0.15, -0.1) is 0 Å². The molecular weight excluding hydrogens is 745 g/mol. The minimum Gasteiger partial charge on any atom is -0.507 e. The summed E-state index contributed by atoms with van der Waals surface area (Å²) in [6.45, 7) is 2.55. The van der Waals surface area contributed by atoms with E-state index in [2.05, 4.69) is 37.6 Å². The molecule has 0 radical (unpaired) electrons. The zero-order valence-electron chi connectivity index (χ0n) is 32.6. The van der Waals surface area contributed by atoms with Gasteiger partial charge in [-0.1, -0.05) is 12.1 Å². The SMILES string of the molecule is CNCCN(C)C(=O)OCc1ccc(/N=N/c2ccc(O)c(C(=O)NCCCCC(=O)Oc3c(OC)ccc4cc5[n+](cc34)CCc3cc4c(cc3-5)OCO4)c2)cc1. The standard InChI is InChI=1S/C43H44N6O9/c1-44-17-19-48(2)43(53)55-25-27-7-10-30(11-8-27)46-47-31-12-13-36(50)33(22-31)42(52)45-16-5-4-6-40(51)58-41-34-24-49-18-15-29-21-38-39(57-26-56-38)23-32(29)35(49)20-28(34)9-14-37(41)54-3/h7-14,20-24,44H,4-6,15-19,25-26H2,1-3H3,(H-,45,46,50,52)/p+1. The van der Waals surface area contributed by atoms with Gasteiger partial charge < -0.3 is 44.3 Å². The van der Waals surface area contributed by atoms with Crippen molar-refractivity contribution in [2.75, 3.05) is 47.6 Å². The molecule has 2 amide bonds. The van der Waals surface area contributed by atoms with Crippen molar-refractivity contribution in [2.45, 2.75) is 38.8 Å². The number of ether oxygens (including phenoxy) is 5. The van der Waals surface area contributed by atoms with Crippen molar-refractivity contribution in [3.05, 3.63) is 95.7 Å². The number of aromatic hydroxyl groups is 1. The molecule has 300 valence electrons. The summed E-state index contributed by atoms with van der Waals surface area (Å²) in [7, 11) is 5.03. The van der Waals surface area contributed by atoms with E-state index in [-0.39, 0.29) is 37.7 Å². The maximum atomic E-state index is 13.1. The van der Waals surface area contributed by atoms with Crippen LogP contribution in [0, 0.1) is 0 Å². The molecule has 2 aliphatic heterocycles. The van der Waals surface area contributed by atoms with Crippen LogP contribution in [-0.4, -0.2) is 75.6 Å². The molecule has 1 aromatic heterocycles. The molecule has 0 saturated heterocycles. The largest absolute Gasteiger partial charge is 0.507 e. The van der Waals surface area contributed by atoms with Crippen molar-refractivity contribution < 1.29 is 47.7 Å². The van der Waals surface area contributed by atoms with Crippen molar-refractivity contribution >= 4 is 40.1 Å². The lowest BCUT2D eigenvalue weighted by molar-refractivity contribution is -0.686. The van der Waals surface area contributed by atoms with Crippen molar-refractivity contribution in [3.63, 3.8) is 0 Å². The first-order valence-electron chi connectivity index (χ1n) is 19.0. The Kier molecular flexibility index (Phi) is 12.3. The zero-order valence-corrected chi connectivity index (χ0v) is 32.6. The second-order valence-electron chi connectivity index (χ2n) is 13.9. The molecule has 0 spiro atoms. The molecule has 0 unspecified atom stereocenters. The first-order valence-corrected chi connectivity index (χ1v) is 19.0. The quantitative estimate of drug-likeness (QED) is 0.0349. The molecule has 0 saturated carbocycles. The molecular formula is C43H45N6O9+. The Bertz CT molecular complexity index is 2370. The Morgan fingerprint density at radius 3 is 2.50 bits per heavy atom. The molecule has 0 fully saturated rings. The average Bonchev–Trinajstić information content (AvgIpc) is 3.71. The lowest BCUT2D eigenvalue weighted by Gasteiger charge is -2.17. The van der Waals surface area contributed by atoms with Crippen LogP contribution in [0.25, 0.3) is 22.0 Å². The molecule has 3 N–H and O–H groups in total. The number of likely N-dealkylation sites (N-methyl/N-ethyl adjacent to an activating group) is 2. The van der Waals surface area contributed by atoms with Crippen molar-refractivity contribution in [3.8, 4) is 40.0 Å². The second kappa shape index (κ2) is 18.0. The third-order valence-electron chi connectivity index (χ3n) is 9.92. The minimum atomic E-state index is -0.484. The summed E-state index contributed by atoms with van der Waals surface area (Å²) in [6.07, 6.45) is 3.48. The number of fused-ring (bicyclic) bond motifs is 5. The van der Waals surface area contributed by atoms with E-state index in [1.54, 1.807) is 43.4 Å². The number of azo groups is 1. The average molecular weight is 790 g/mol. The van der Waals surface area contributed by atoms with Crippen LogP contribution in [0.4, 0.5) is 16.2 Å². The number of aromatic nitrogens is 1. The van der Waals surface area contributed by atoms with Crippen LogP contribution in [0.1, 0.15) is 40.7 Å². The minimum absolute atomic E-state index is 0.0468. The number of carbonyl (C=O) groups excluding carboxylic acids is 3. The van der Waals surface area contributed by atoms with Crippen LogP contribution in [0.3, 0.4) is 0 Å². The number of nitrogens with one attached hydrogen (secondary N) is 2. The summed E-state index contributed by atoms with van der Waals surface area (Å²) < 4.78 is 30.2. The highest BCUT2D eigenvalue weighted by molar-refractivity contribution is 5.97. The van der Waals surface area contributed by atoms with Crippen LogP contribution < -0.4 is 34.1 Å². The number of nitrogens with zero attached hydrogens (tertiary/aromatic N) is 4. The molecule has 0 atom stereocenters. The highest BCUT2D eigenvalue weighted by Crippen LogP contribution is 2.42. The monoisotopic (exact) mass is 789 g/mol. The fourth-order valence-electron chi connectivity index (χ4n) is 6.69. The summed E-state index contributed by atoms with van der Waals surface area (Å²) in [5, 5.41) is 26.3. The van der Waals surface area contributed by atoms with Crippen LogP contribution in [0.2, 0.25) is 0 Å². The van der Waals surface area contributed by atoms with Gasteiger partial charge in [-0.05, 0) is 91.0 Å². The molecule has 4 aromatic carbocycles. The molecule has 2 aliphatic rings. The molecule has 15 heteroatoms. The summed E-state index contributed by atoms with van der Waals surface area (Å²) in [5.74, 6) is 1.20. The molecule has 15 nitrogen and oxygen atoms in total. The summed E-state index contributed by atoms with van der Waals surface area (Å²) in [4.78, 5) is 39.7. The molecule has 5 aromatic rings. The molecule has 0 aliphatic carbocycles. The van der Waals surface area contributed by atoms with E-state index in [9.17, 15) is 19.5 Å².